The minimum absolute atomic E-state index is 0.243. The Morgan fingerprint density at radius 1 is 1.00 bits per heavy atom. The van der Waals surface area contributed by atoms with Gasteiger partial charge in [0, 0.05) is 5.69 Å². The Bertz CT molecular complexity index is 791. The van der Waals surface area contributed by atoms with Crippen molar-refractivity contribution in [2.24, 2.45) is 0 Å². The number of pyridine rings is 1. The van der Waals surface area contributed by atoms with Gasteiger partial charge in [0.25, 0.3) is 5.91 Å². The van der Waals surface area contributed by atoms with E-state index in [0.717, 1.165) is 16.8 Å². The number of anilines is 1. The first-order valence-corrected chi connectivity index (χ1v) is 6.85. The number of carbonyl (C=O) groups is 1. The van der Waals surface area contributed by atoms with Crippen LogP contribution in [-0.4, -0.2) is 25.7 Å². The van der Waals surface area contributed by atoms with Gasteiger partial charge in [-0.15, -0.1) is 10.2 Å². The first kappa shape index (κ1) is 13.9. The number of nitrogens with zero attached hydrogens (tertiary/aromatic N) is 4. The maximum Gasteiger partial charge on any atom is 0.274 e. The molecule has 0 saturated heterocycles. The minimum atomic E-state index is -0.243. The van der Waals surface area contributed by atoms with Crippen molar-refractivity contribution >= 4 is 11.6 Å². The third kappa shape index (κ3) is 2.71. The summed E-state index contributed by atoms with van der Waals surface area (Å²) in [6.45, 7) is 3.92. The van der Waals surface area contributed by atoms with E-state index in [4.69, 9.17) is 0 Å². The van der Waals surface area contributed by atoms with E-state index < -0.39 is 0 Å². The molecule has 3 rings (SSSR count). The van der Waals surface area contributed by atoms with E-state index in [2.05, 4.69) is 20.5 Å². The van der Waals surface area contributed by atoms with Gasteiger partial charge in [-0.1, -0.05) is 24.3 Å². The van der Waals surface area contributed by atoms with E-state index in [9.17, 15) is 4.79 Å². The van der Waals surface area contributed by atoms with Gasteiger partial charge in [-0.05, 0) is 37.1 Å². The Labute approximate surface area is 127 Å². The molecule has 6 nitrogen and oxygen atoms in total. The van der Waals surface area contributed by atoms with Crippen LogP contribution in [0.15, 0.2) is 49.1 Å². The second-order valence-corrected chi connectivity index (χ2v) is 4.97. The largest absolute Gasteiger partial charge is 0.320 e. The Morgan fingerprint density at radius 2 is 1.64 bits per heavy atom. The molecule has 2 heterocycles. The molecule has 0 atom stereocenters. The number of carbonyl (C=O) groups excluding carboxylic acids is 1. The lowest BCUT2D eigenvalue weighted by atomic mass is 10.1. The normalized spacial score (nSPS) is 10.5. The summed E-state index contributed by atoms with van der Waals surface area (Å²) in [5.41, 5.74) is 3.20. The van der Waals surface area contributed by atoms with Crippen LogP contribution < -0.4 is 5.32 Å². The van der Waals surface area contributed by atoms with Crippen LogP contribution in [0.1, 0.15) is 21.6 Å². The van der Waals surface area contributed by atoms with Crippen LogP contribution in [0.2, 0.25) is 0 Å². The van der Waals surface area contributed by atoms with Crippen LogP contribution in [0.25, 0.3) is 5.82 Å². The maximum atomic E-state index is 12.4. The summed E-state index contributed by atoms with van der Waals surface area (Å²) in [7, 11) is 0. The Morgan fingerprint density at radius 3 is 2.32 bits per heavy atom. The van der Waals surface area contributed by atoms with Crippen LogP contribution in [0.3, 0.4) is 0 Å². The molecular weight excluding hydrogens is 278 g/mol. The van der Waals surface area contributed by atoms with Crippen LogP contribution in [-0.2, 0) is 0 Å². The zero-order valence-corrected chi connectivity index (χ0v) is 12.3. The Hall–Kier alpha value is -3.02. The fourth-order valence-corrected chi connectivity index (χ4v) is 2.20. The molecule has 0 unspecified atom stereocenters. The number of nitrogens with one attached hydrogen (secondary N) is 1. The smallest absolute Gasteiger partial charge is 0.274 e. The van der Waals surface area contributed by atoms with Crippen LogP contribution in [0, 0.1) is 13.8 Å². The van der Waals surface area contributed by atoms with Gasteiger partial charge in [-0.2, -0.15) is 0 Å². The van der Waals surface area contributed by atoms with Crippen molar-refractivity contribution < 1.29 is 4.79 Å². The number of aryl methyl sites for hydroxylation is 2. The number of aromatic nitrogens is 4. The van der Waals surface area contributed by atoms with Gasteiger partial charge < -0.3 is 5.32 Å². The molecule has 1 amide bonds. The summed E-state index contributed by atoms with van der Waals surface area (Å²) < 4.78 is 1.65. The third-order valence-electron chi connectivity index (χ3n) is 3.37. The van der Waals surface area contributed by atoms with E-state index in [1.807, 2.05) is 32.0 Å². The summed E-state index contributed by atoms with van der Waals surface area (Å²) in [4.78, 5) is 16.8. The van der Waals surface area contributed by atoms with Gasteiger partial charge >= 0.3 is 0 Å². The van der Waals surface area contributed by atoms with E-state index in [-0.39, 0.29) is 5.91 Å². The molecule has 1 aromatic carbocycles. The summed E-state index contributed by atoms with van der Waals surface area (Å²) in [6, 6.07) is 11.1. The SMILES string of the molecule is Cc1cccc(C)c1NC(=O)c1cccc(-n2cnnc2)n1. The molecule has 0 spiro atoms. The van der Waals surface area contributed by atoms with E-state index in [1.54, 1.807) is 22.8 Å². The van der Waals surface area contributed by atoms with Crippen molar-refractivity contribution in [2.45, 2.75) is 13.8 Å². The third-order valence-corrected chi connectivity index (χ3v) is 3.37. The fourth-order valence-electron chi connectivity index (χ4n) is 2.20. The molecule has 0 fully saturated rings. The average molecular weight is 293 g/mol. The van der Waals surface area contributed by atoms with E-state index in [0.29, 0.717) is 11.5 Å². The van der Waals surface area contributed by atoms with Crippen LogP contribution >= 0.6 is 0 Å². The van der Waals surface area contributed by atoms with Crippen LogP contribution in [0.4, 0.5) is 5.69 Å². The molecule has 6 heteroatoms. The van der Waals surface area contributed by atoms with Crippen molar-refractivity contribution in [3.8, 4) is 5.82 Å². The molecule has 22 heavy (non-hydrogen) atoms. The van der Waals surface area contributed by atoms with Gasteiger partial charge in [-0.3, -0.25) is 9.36 Å². The topological polar surface area (TPSA) is 72.7 Å². The summed E-state index contributed by atoms with van der Waals surface area (Å²) >= 11 is 0. The molecule has 1 N–H and O–H groups in total. The molecular formula is C16H15N5O. The number of amides is 1. The predicted octanol–water partition coefficient (Wildman–Crippen LogP) is 2.53. The molecule has 0 saturated carbocycles. The lowest BCUT2D eigenvalue weighted by molar-refractivity contribution is 0.102. The zero-order valence-electron chi connectivity index (χ0n) is 12.3. The number of hydrogen-bond donors (Lipinski definition) is 1. The molecule has 0 radical (unpaired) electrons. The zero-order chi connectivity index (χ0) is 15.5. The first-order chi connectivity index (χ1) is 10.6. The van der Waals surface area contributed by atoms with Gasteiger partial charge in [0.05, 0.1) is 0 Å². The number of benzene rings is 1. The second kappa shape index (κ2) is 5.77. The predicted molar refractivity (Wildman–Crippen MR) is 83.0 cm³/mol. The van der Waals surface area contributed by atoms with Crippen LogP contribution in [0.5, 0.6) is 0 Å². The Balaban J connectivity index is 1.88. The molecule has 3 aromatic rings. The molecule has 2 aromatic heterocycles. The highest BCUT2D eigenvalue weighted by atomic mass is 16.1. The quantitative estimate of drug-likeness (QED) is 0.805. The first-order valence-electron chi connectivity index (χ1n) is 6.85. The summed E-state index contributed by atoms with van der Waals surface area (Å²) in [5.74, 6) is 0.353. The minimum Gasteiger partial charge on any atom is -0.320 e. The monoisotopic (exact) mass is 293 g/mol. The maximum absolute atomic E-state index is 12.4. The molecule has 0 aliphatic heterocycles. The lowest BCUT2D eigenvalue weighted by Gasteiger charge is -2.11. The van der Waals surface area contributed by atoms with Crippen molar-refractivity contribution in [2.75, 3.05) is 5.32 Å². The van der Waals surface area contributed by atoms with Gasteiger partial charge in [0.15, 0.2) is 0 Å². The lowest BCUT2D eigenvalue weighted by Crippen LogP contribution is -2.16. The highest BCUT2D eigenvalue weighted by Gasteiger charge is 2.11. The Kier molecular flexibility index (Phi) is 3.65. The highest BCUT2D eigenvalue weighted by Crippen LogP contribution is 2.20. The molecule has 0 aliphatic carbocycles. The standard InChI is InChI=1S/C16H15N5O/c1-11-5-3-6-12(2)15(11)20-16(22)13-7-4-8-14(19-13)21-9-17-18-10-21/h3-10H,1-2H3,(H,20,22). The van der Waals surface area contributed by atoms with Gasteiger partial charge in [-0.25, -0.2) is 4.98 Å². The number of rotatable bonds is 3. The molecule has 0 bridgehead atoms. The van der Waals surface area contributed by atoms with Crippen molar-refractivity contribution in [3.63, 3.8) is 0 Å². The van der Waals surface area contributed by atoms with E-state index in [1.165, 1.54) is 12.7 Å². The average Bonchev–Trinajstić information content (AvgIpc) is 3.05. The molecule has 110 valence electrons. The number of para-hydroxylation sites is 1. The summed E-state index contributed by atoms with van der Waals surface area (Å²) in [5, 5.41) is 10.4. The van der Waals surface area contributed by atoms with Gasteiger partial charge in [0.1, 0.15) is 24.2 Å². The molecule has 0 aliphatic rings. The van der Waals surface area contributed by atoms with Crippen molar-refractivity contribution in [1.82, 2.24) is 19.7 Å². The number of hydrogen-bond acceptors (Lipinski definition) is 4. The highest BCUT2D eigenvalue weighted by molar-refractivity contribution is 6.03. The fraction of sp³-hybridized carbons (Fsp3) is 0.125. The van der Waals surface area contributed by atoms with Crippen molar-refractivity contribution in [3.05, 3.63) is 65.9 Å². The van der Waals surface area contributed by atoms with Crippen molar-refractivity contribution in [1.29, 1.82) is 0 Å². The van der Waals surface area contributed by atoms with E-state index >= 15 is 0 Å². The second-order valence-electron chi connectivity index (χ2n) is 4.97. The summed E-state index contributed by atoms with van der Waals surface area (Å²) in [6.07, 6.45) is 3.07. The van der Waals surface area contributed by atoms with Gasteiger partial charge in [0.2, 0.25) is 0 Å².